The number of aliphatic hydroxyl groups is 1. The molecule has 1 amide bonds. The Morgan fingerprint density at radius 1 is 1.55 bits per heavy atom. The van der Waals surface area contributed by atoms with Crippen LogP contribution in [0.15, 0.2) is 0 Å². The fraction of sp³-hybridized carbons (Fsp3) is 0.750. The summed E-state index contributed by atoms with van der Waals surface area (Å²) in [6, 6.07) is 0. The molecule has 6 nitrogen and oxygen atoms in total. The number of rotatable bonds is 6. The minimum Gasteiger partial charge on any atom is -0.396 e. The second kappa shape index (κ2) is 7.24. The van der Waals surface area contributed by atoms with Crippen LogP contribution in [0.3, 0.4) is 0 Å². The molecule has 1 fully saturated rings. The standard InChI is InChI=1S/C16H27N3O3/c1-4-13-12(2)14(18-17-13)15(21)19-8-5-6-16(10-19,11-20)7-9-22-3/h20H,4-11H2,1-3H3,(H,17,18)/t16-/m1/s1. The molecule has 0 radical (unpaired) electrons. The fourth-order valence-corrected chi connectivity index (χ4v) is 3.25. The van der Waals surface area contributed by atoms with Gasteiger partial charge in [-0.25, -0.2) is 0 Å². The van der Waals surface area contributed by atoms with Crippen LogP contribution in [0.1, 0.15) is 47.9 Å². The monoisotopic (exact) mass is 309 g/mol. The number of nitrogens with zero attached hydrogens (tertiary/aromatic N) is 2. The molecular weight excluding hydrogens is 282 g/mol. The zero-order valence-corrected chi connectivity index (χ0v) is 13.8. The van der Waals surface area contributed by atoms with Crippen molar-refractivity contribution in [3.05, 3.63) is 17.0 Å². The van der Waals surface area contributed by atoms with Gasteiger partial charge in [0.15, 0.2) is 5.69 Å². The van der Waals surface area contributed by atoms with Crippen LogP contribution in [-0.2, 0) is 11.2 Å². The van der Waals surface area contributed by atoms with E-state index in [-0.39, 0.29) is 17.9 Å². The van der Waals surface area contributed by atoms with Gasteiger partial charge in [-0.1, -0.05) is 6.92 Å². The Labute approximate surface area is 131 Å². The van der Waals surface area contributed by atoms with Crippen LogP contribution in [0, 0.1) is 12.3 Å². The van der Waals surface area contributed by atoms with Crippen molar-refractivity contribution in [2.45, 2.75) is 39.5 Å². The van der Waals surface area contributed by atoms with E-state index in [9.17, 15) is 9.90 Å². The first kappa shape index (κ1) is 17.0. The number of H-pyrrole nitrogens is 1. The number of ether oxygens (including phenoxy) is 1. The average Bonchev–Trinajstić information content (AvgIpc) is 2.93. The van der Waals surface area contributed by atoms with E-state index in [2.05, 4.69) is 10.2 Å². The molecule has 1 aromatic rings. The van der Waals surface area contributed by atoms with E-state index in [0.717, 1.165) is 43.5 Å². The second-order valence-electron chi connectivity index (χ2n) is 6.26. The van der Waals surface area contributed by atoms with Crippen LogP contribution in [0.25, 0.3) is 0 Å². The number of carbonyl (C=O) groups excluding carboxylic acids is 1. The first-order valence-electron chi connectivity index (χ1n) is 8.00. The number of nitrogens with one attached hydrogen (secondary N) is 1. The van der Waals surface area contributed by atoms with Gasteiger partial charge in [-0.05, 0) is 32.6 Å². The van der Waals surface area contributed by atoms with Crippen molar-refractivity contribution in [1.29, 1.82) is 0 Å². The largest absolute Gasteiger partial charge is 0.396 e. The number of hydrogen-bond donors (Lipinski definition) is 2. The highest BCUT2D eigenvalue weighted by Gasteiger charge is 2.37. The summed E-state index contributed by atoms with van der Waals surface area (Å²) in [6.45, 7) is 5.95. The first-order chi connectivity index (χ1) is 10.6. The van der Waals surface area contributed by atoms with Crippen LogP contribution in [0.5, 0.6) is 0 Å². The Bertz CT molecular complexity index is 515. The SMILES string of the molecule is CCc1[nH]nc(C(=O)N2CCC[C@@](CO)(CCOC)C2)c1C. The Balaban J connectivity index is 2.13. The van der Waals surface area contributed by atoms with E-state index in [0.29, 0.717) is 18.8 Å². The molecule has 22 heavy (non-hydrogen) atoms. The molecule has 2 rings (SSSR count). The molecule has 0 unspecified atom stereocenters. The van der Waals surface area contributed by atoms with Gasteiger partial charge >= 0.3 is 0 Å². The summed E-state index contributed by atoms with van der Waals surface area (Å²) in [5.74, 6) is -0.0385. The van der Waals surface area contributed by atoms with Crippen molar-refractivity contribution in [3.63, 3.8) is 0 Å². The molecule has 0 saturated carbocycles. The van der Waals surface area contributed by atoms with E-state index in [1.807, 2.05) is 18.7 Å². The predicted molar refractivity (Wildman–Crippen MR) is 83.9 cm³/mol. The Morgan fingerprint density at radius 3 is 2.91 bits per heavy atom. The fourth-order valence-electron chi connectivity index (χ4n) is 3.25. The summed E-state index contributed by atoms with van der Waals surface area (Å²) >= 11 is 0. The van der Waals surface area contributed by atoms with Crippen LogP contribution >= 0.6 is 0 Å². The zero-order valence-electron chi connectivity index (χ0n) is 13.8. The van der Waals surface area contributed by atoms with Crippen LogP contribution in [0.2, 0.25) is 0 Å². The maximum atomic E-state index is 12.8. The van der Waals surface area contributed by atoms with Crippen molar-refractivity contribution in [1.82, 2.24) is 15.1 Å². The summed E-state index contributed by atoms with van der Waals surface area (Å²) in [5.41, 5.74) is 2.21. The number of amides is 1. The summed E-state index contributed by atoms with van der Waals surface area (Å²) in [4.78, 5) is 14.6. The van der Waals surface area contributed by atoms with Gasteiger partial charge in [0.2, 0.25) is 0 Å². The Kier molecular flexibility index (Phi) is 5.58. The van der Waals surface area contributed by atoms with E-state index < -0.39 is 0 Å². The number of aromatic amines is 1. The van der Waals surface area contributed by atoms with E-state index in [4.69, 9.17) is 4.74 Å². The van der Waals surface area contributed by atoms with Gasteiger partial charge in [0, 0.05) is 43.5 Å². The lowest BCUT2D eigenvalue weighted by molar-refractivity contribution is 0.00870. The third-order valence-corrected chi connectivity index (χ3v) is 4.79. The third-order valence-electron chi connectivity index (χ3n) is 4.79. The van der Waals surface area contributed by atoms with Gasteiger partial charge in [0.1, 0.15) is 0 Å². The van der Waals surface area contributed by atoms with Crippen molar-refractivity contribution in [3.8, 4) is 0 Å². The molecule has 1 aliphatic heterocycles. The summed E-state index contributed by atoms with van der Waals surface area (Å²) in [6.07, 6.45) is 3.43. The normalized spacial score (nSPS) is 22.1. The zero-order chi connectivity index (χ0) is 16.2. The molecule has 0 aromatic carbocycles. The molecule has 2 N–H and O–H groups in total. The number of aromatic nitrogens is 2. The van der Waals surface area contributed by atoms with Crippen LogP contribution in [-0.4, -0.2) is 59.5 Å². The van der Waals surface area contributed by atoms with Gasteiger partial charge in [0.25, 0.3) is 5.91 Å². The molecule has 124 valence electrons. The summed E-state index contributed by atoms with van der Waals surface area (Å²) in [5, 5.41) is 17.0. The lowest BCUT2D eigenvalue weighted by atomic mass is 9.78. The number of piperidine rings is 1. The Hall–Kier alpha value is -1.40. The molecule has 0 bridgehead atoms. The maximum Gasteiger partial charge on any atom is 0.274 e. The van der Waals surface area contributed by atoms with Gasteiger partial charge < -0.3 is 14.7 Å². The third kappa shape index (κ3) is 3.33. The van der Waals surface area contributed by atoms with Crippen molar-refractivity contribution >= 4 is 5.91 Å². The Morgan fingerprint density at radius 2 is 2.32 bits per heavy atom. The van der Waals surface area contributed by atoms with Gasteiger partial charge in [-0.15, -0.1) is 0 Å². The molecule has 1 aromatic heterocycles. The molecule has 1 saturated heterocycles. The quantitative estimate of drug-likeness (QED) is 0.835. The second-order valence-corrected chi connectivity index (χ2v) is 6.26. The van der Waals surface area contributed by atoms with Gasteiger partial charge in [0.05, 0.1) is 6.61 Å². The van der Waals surface area contributed by atoms with Gasteiger partial charge in [-0.2, -0.15) is 5.10 Å². The maximum absolute atomic E-state index is 12.8. The van der Waals surface area contributed by atoms with Gasteiger partial charge in [-0.3, -0.25) is 9.89 Å². The number of carbonyl (C=O) groups is 1. The highest BCUT2D eigenvalue weighted by molar-refractivity contribution is 5.94. The van der Waals surface area contributed by atoms with Crippen LogP contribution in [0.4, 0.5) is 0 Å². The number of aliphatic hydroxyl groups excluding tert-OH is 1. The molecule has 6 heteroatoms. The van der Waals surface area contributed by atoms with E-state index in [1.165, 1.54) is 0 Å². The molecule has 0 aliphatic carbocycles. The topological polar surface area (TPSA) is 78.5 Å². The van der Waals surface area contributed by atoms with Crippen LogP contribution < -0.4 is 0 Å². The molecule has 0 spiro atoms. The van der Waals surface area contributed by atoms with E-state index in [1.54, 1.807) is 7.11 Å². The summed E-state index contributed by atoms with van der Waals surface area (Å²) < 4.78 is 5.16. The van der Waals surface area contributed by atoms with Crippen molar-refractivity contribution < 1.29 is 14.6 Å². The van der Waals surface area contributed by atoms with Crippen molar-refractivity contribution in [2.24, 2.45) is 5.41 Å². The first-order valence-corrected chi connectivity index (χ1v) is 8.00. The smallest absolute Gasteiger partial charge is 0.274 e. The average molecular weight is 309 g/mol. The minimum atomic E-state index is -0.248. The molecular formula is C16H27N3O3. The molecule has 2 heterocycles. The highest BCUT2D eigenvalue weighted by Crippen LogP contribution is 2.33. The number of methoxy groups -OCH3 is 1. The van der Waals surface area contributed by atoms with Crippen molar-refractivity contribution in [2.75, 3.05) is 33.4 Å². The summed E-state index contributed by atoms with van der Waals surface area (Å²) in [7, 11) is 1.66. The predicted octanol–water partition coefficient (Wildman–Crippen LogP) is 1.53. The molecule has 1 atom stereocenters. The minimum absolute atomic E-state index is 0.0385. The number of likely N-dealkylation sites (tertiary alicyclic amines) is 1. The van der Waals surface area contributed by atoms with E-state index >= 15 is 0 Å². The number of aryl methyl sites for hydroxylation is 1. The number of hydrogen-bond acceptors (Lipinski definition) is 4. The molecule has 1 aliphatic rings. The lowest BCUT2D eigenvalue weighted by Crippen LogP contribution is -2.48. The lowest BCUT2D eigenvalue weighted by Gasteiger charge is -2.41. The highest BCUT2D eigenvalue weighted by atomic mass is 16.5.